The van der Waals surface area contributed by atoms with Crippen molar-refractivity contribution in [1.82, 2.24) is 9.55 Å². The average Bonchev–Trinajstić information content (AvgIpc) is 2.65. The van der Waals surface area contributed by atoms with Crippen molar-refractivity contribution in [1.29, 1.82) is 0 Å². The highest BCUT2D eigenvalue weighted by molar-refractivity contribution is 5.29. The third-order valence-corrected chi connectivity index (χ3v) is 2.48. The van der Waals surface area contributed by atoms with Gasteiger partial charge in [0, 0.05) is 30.0 Å². The molecule has 0 radical (unpaired) electrons. The van der Waals surface area contributed by atoms with Gasteiger partial charge in [-0.15, -0.1) is 0 Å². The number of hydrogen-bond donors (Lipinski definition) is 1. The quantitative estimate of drug-likeness (QED) is 0.851. The molecular formula is C13H17N3. The normalized spacial score (nSPS) is 12.7. The molecular weight excluding hydrogens is 198 g/mol. The Morgan fingerprint density at radius 2 is 2.12 bits per heavy atom. The third kappa shape index (κ3) is 2.31. The van der Waals surface area contributed by atoms with E-state index in [4.69, 9.17) is 5.73 Å². The van der Waals surface area contributed by atoms with Crippen molar-refractivity contribution in [2.24, 2.45) is 5.73 Å². The molecule has 0 saturated heterocycles. The summed E-state index contributed by atoms with van der Waals surface area (Å²) in [6.45, 7) is 4.01. The van der Waals surface area contributed by atoms with Gasteiger partial charge in [0.15, 0.2) is 0 Å². The van der Waals surface area contributed by atoms with Crippen LogP contribution < -0.4 is 5.73 Å². The number of rotatable bonds is 3. The van der Waals surface area contributed by atoms with Crippen molar-refractivity contribution in [3.8, 4) is 5.82 Å². The molecule has 1 atom stereocenters. The average molecular weight is 215 g/mol. The Bertz CT molecular complexity index is 472. The van der Waals surface area contributed by atoms with E-state index >= 15 is 0 Å². The zero-order valence-corrected chi connectivity index (χ0v) is 9.72. The second kappa shape index (κ2) is 4.49. The molecule has 0 fully saturated rings. The van der Waals surface area contributed by atoms with Gasteiger partial charge in [-0.1, -0.05) is 6.07 Å². The van der Waals surface area contributed by atoms with E-state index in [9.17, 15) is 0 Å². The van der Waals surface area contributed by atoms with Crippen LogP contribution in [0.15, 0.2) is 36.5 Å². The van der Waals surface area contributed by atoms with E-state index in [-0.39, 0.29) is 6.04 Å². The Morgan fingerprint density at radius 1 is 1.31 bits per heavy atom. The Balaban J connectivity index is 2.37. The van der Waals surface area contributed by atoms with E-state index < -0.39 is 0 Å². The fourth-order valence-electron chi connectivity index (χ4n) is 1.80. The fraction of sp³-hybridized carbons (Fsp3) is 0.308. The van der Waals surface area contributed by atoms with Crippen LogP contribution in [0.2, 0.25) is 0 Å². The molecule has 84 valence electrons. The van der Waals surface area contributed by atoms with Crippen molar-refractivity contribution >= 4 is 0 Å². The van der Waals surface area contributed by atoms with E-state index in [1.165, 1.54) is 5.69 Å². The monoisotopic (exact) mass is 215 g/mol. The number of aryl methyl sites for hydroxylation is 1. The largest absolute Gasteiger partial charge is 0.328 e. The first kappa shape index (κ1) is 10.9. The van der Waals surface area contributed by atoms with E-state index in [1.807, 2.05) is 44.3 Å². The van der Waals surface area contributed by atoms with E-state index in [2.05, 4.69) is 15.6 Å². The van der Waals surface area contributed by atoms with Gasteiger partial charge >= 0.3 is 0 Å². The summed E-state index contributed by atoms with van der Waals surface area (Å²) < 4.78 is 2.09. The third-order valence-electron chi connectivity index (χ3n) is 2.48. The molecule has 2 rings (SSSR count). The number of aromatic nitrogens is 2. The molecule has 2 aromatic heterocycles. The Labute approximate surface area is 95.9 Å². The predicted octanol–water partition coefficient (Wildman–Crippen LogP) is 2.07. The van der Waals surface area contributed by atoms with Crippen LogP contribution in [0.3, 0.4) is 0 Å². The molecule has 3 heteroatoms. The van der Waals surface area contributed by atoms with Crippen molar-refractivity contribution in [2.45, 2.75) is 26.3 Å². The zero-order valence-electron chi connectivity index (χ0n) is 9.72. The molecule has 0 saturated carbocycles. The summed E-state index contributed by atoms with van der Waals surface area (Å²) >= 11 is 0. The molecule has 0 aliphatic carbocycles. The van der Waals surface area contributed by atoms with E-state index in [0.717, 1.165) is 17.9 Å². The zero-order chi connectivity index (χ0) is 11.5. The molecule has 2 N–H and O–H groups in total. The summed E-state index contributed by atoms with van der Waals surface area (Å²) in [6, 6.07) is 10.3. The van der Waals surface area contributed by atoms with Crippen LogP contribution in [0.1, 0.15) is 18.3 Å². The molecule has 0 bridgehead atoms. The van der Waals surface area contributed by atoms with Crippen LogP contribution in [-0.2, 0) is 6.42 Å². The summed E-state index contributed by atoms with van der Waals surface area (Å²) in [5, 5.41) is 0. The number of nitrogens with zero attached hydrogens (tertiary/aromatic N) is 2. The van der Waals surface area contributed by atoms with Gasteiger partial charge in [-0.25, -0.2) is 4.98 Å². The maximum atomic E-state index is 5.83. The number of hydrogen-bond acceptors (Lipinski definition) is 2. The molecule has 0 aliphatic rings. The van der Waals surface area contributed by atoms with Crippen LogP contribution >= 0.6 is 0 Å². The number of pyridine rings is 1. The first-order valence-electron chi connectivity index (χ1n) is 5.52. The van der Waals surface area contributed by atoms with Crippen LogP contribution in [-0.4, -0.2) is 15.6 Å². The minimum atomic E-state index is 0.165. The lowest BCUT2D eigenvalue weighted by Crippen LogP contribution is -2.19. The van der Waals surface area contributed by atoms with Gasteiger partial charge in [0.05, 0.1) is 0 Å². The molecule has 0 spiro atoms. The standard InChI is InChI=1S/C13H17N3/c1-10(14)9-12-6-4-8-16(12)13-7-3-5-11(2)15-13/h3-8,10H,9,14H2,1-2H3. The lowest BCUT2D eigenvalue weighted by molar-refractivity contribution is 0.706. The first-order valence-corrected chi connectivity index (χ1v) is 5.52. The highest BCUT2D eigenvalue weighted by Crippen LogP contribution is 2.12. The Morgan fingerprint density at radius 3 is 2.81 bits per heavy atom. The van der Waals surface area contributed by atoms with Crippen molar-refractivity contribution in [2.75, 3.05) is 0 Å². The van der Waals surface area contributed by atoms with Crippen molar-refractivity contribution in [3.63, 3.8) is 0 Å². The predicted molar refractivity (Wildman–Crippen MR) is 65.7 cm³/mol. The maximum absolute atomic E-state index is 5.83. The summed E-state index contributed by atoms with van der Waals surface area (Å²) in [7, 11) is 0. The fourth-order valence-corrected chi connectivity index (χ4v) is 1.80. The van der Waals surface area contributed by atoms with Gasteiger partial charge in [0.25, 0.3) is 0 Å². The second-order valence-corrected chi connectivity index (χ2v) is 4.19. The SMILES string of the molecule is Cc1cccc(-n2cccc2CC(C)N)n1. The van der Waals surface area contributed by atoms with Gasteiger partial charge in [0.1, 0.15) is 5.82 Å². The minimum Gasteiger partial charge on any atom is -0.328 e. The van der Waals surface area contributed by atoms with E-state index in [0.29, 0.717) is 0 Å². The van der Waals surface area contributed by atoms with Crippen LogP contribution in [0.5, 0.6) is 0 Å². The van der Waals surface area contributed by atoms with Gasteiger partial charge in [-0.05, 0) is 38.1 Å². The highest BCUT2D eigenvalue weighted by Gasteiger charge is 2.06. The van der Waals surface area contributed by atoms with Crippen LogP contribution in [0.4, 0.5) is 0 Å². The molecule has 0 aromatic carbocycles. The molecule has 1 unspecified atom stereocenters. The van der Waals surface area contributed by atoms with Gasteiger partial charge in [0.2, 0.25) is 0 Å². The van der Waals surface area contributed by atoms with Gasteiger partial charge < -0.3 is 10.3 Å². The lowest BCUT2D eigenvalue weighted by Gasteiger charge is -2.10. The number of nitrogens with two attached hydrogens (primary N) is 1. The highest BCUT2D eigenvalue weighted by atomic mass is 15.1. The maximum Gasteiger partial charge on any atom is 0.137 e. The summed E-state index contributed by atoms with van der Waals surface area (Å²) in [6.07, 6.45) is 2.89. The summed E-state index contributed by atoms with van der Waals surface area (Å²) in [5.41, 5.74) is 8.05. The Hall–Kier alpha value is -1.61. The van der Waals surface area contributed by atoms with Crippen LogP contribution in [0, 0.1) is 6.92 Å². The molecule has 2 heterocycles. The summed E-state index contributed by atoms with van der Waals surface area (Å²) in [4.78, 5) is 4.51. The van der Waals surface area contributed by atoms with Gasteiger partial charge in [-0.2, -0.15) is 0 Å². The Kier molecular flexibility index (Phi) is 3.06. The molecule has 3 nitrogen and oxygen atoms in total. The van der Waals surface area contributed by atoms with Gasteiger partial charge in [-0.3, -0.25) is 0 Å². The topological polar surface area (TPSA) is 43.8 Å². The lowest BCUT2D eigenvalue weighted by atomic mass is 10.2. The minimum absolute atomic E-state index is 0.165. The van der Waals surface area contributed by atoms with Crippen molar-refractivity contribution in [3.05, 3.63) is 47.9 Å². The smallest absolute Gasteiger partial charge is 0.137 e. The van der Waals surface area contributed by atoms with Crippen LogP contribution in [0.25, 0.3) is 5.82 Å². The second-order valence-electron chi connectivity index (χ2n) is 4.19. The van der Waals surface area contributed by atoms with E-state index in [1.54, 1.807) is 0 Å². The van der Waals surface area contributed by atoms with Crippen molar-refractivity contribution < 1.29 is 0 Å². The molecule has 16 heavy (non-hydrogen) atoms. The molecule has 0 aliphatic heterocycles. The molecule has 2 aromatic rings. The molecule has 0 amide bonds. The first-order chi connectivity index (χ1) is 7.66. The summed E-state index contributed by atoms with van der Waals surface area (Å²) in [5.74, 6) is 0.959.